The lowest BCUT2D eigenvalue weighted by Crippen LogP contribution is -2.10. The molecule has 16 heavy (non-hydrogen) atoms. The molecule has 0 aliphatic carbocycles. The summed E-state index contributed by atoms with van der Waals surface area (Å²) in [5.41, 5.74) is 0.508. The molecule has 0 amide bonds. The number of rotatable bonds is 2. The van der Waals surface area contributed by atoms with E-state index >= 15 is 0 Å². The average Bonchev–Trinajstić information content (AvgIpc) is 2.33. The second-order valence-electron chi connectivity index (χ2n) is 3.67. The molecule has 0 saturated carbocycles. The lowest BCUT2D eigenvalue weighted by atomic mass is 10.1. The predicted molar refractivity (Wildman–Crippen MR) is 62.3 cm³/mol. The molecule has 1 atom stereocenters. The quantitative estimate of drug-likeness (QED) is 0.904. The van der Waals surface area contributed by atoms with E-state index in [2.05, 4.69) is 15.9 Å². The van der Waals surface area contributed by atoms with Gasteiger partial charge in [-0.05, 0) is 52.5 Å². The Morgan fingerprint density at radius 3 is 2.88 bits per heavy atom. The molecule has 1 heterocycles. The summed E-state index contributed by atoms with van der Waals surface area (Å²) in [6.07, 6.45) is 2.84. The summed E-state index contributed by atoms with van der Waals surface area (Å²) in [7, 11) is 0. The van der Waals surface area contributed by atoms with Gasteiger partial charge in [-0.25, -0.2) is 4.39 Å². The van der Waals surface area contributed by atoms with Gasteiger partial charge in [-0.1, -0.05) is 6.07 Å². The Kier molecular flexibility index (Phi) is 3.61. The molecule has 2 nitrogen and oxygen atoms in total. The molecule has 0 saturated heterocycles. The van der Waals surface area contributed by atoms with Crippen molar-refractivity contribution in [1.82, 2.24) is 0 Å². The Morgan fingerprint density at radius 2 is 2.25 bits per heavy atom. The van der Waals surface area contributed by atoms with E-state index in [9.17, 15) is 9.50 Å². The van der Waals surface area contributed by atoms with Gasteiger partial charge in [0.1, 0.15) is 17.7 Å². The van der Waals surface area contributed by atoms with Crippen LogP contribution in [-0.2, 0) is 4.74 Å². The smallest absolute Gasteiger partial charge is 0.137 e. The minimum Gasteiger partial charge on any atom is -0.495 e. The van der Waals surface area contributed by atoms with Crippen LogP contribution >= 0.6 is 15.9 Å². The summed E-state index contributed by atoms with van der Waals surface area (Å²) in [6.45, 7) is 0.613. The van der Waals surface area contributed by atoms with Crippen LogP contribution in [0, 0.1) is 5.82 Å². The van der Waals surface area contributed by atoms with Gasteiger partial charge in [-0.3, -0.25) is 0 Å². The average molecular weight is 287 g/mol. The van der Waals surface area contributed by atoms with Crippen molar-refractivity contribution >= 4 is 15.9 Å². The van der Waals surface area contributed by atoms with Crippen LogP contribution in [0.1, 0.15) is 24.5 Å². The number of benzene rings is 1. The second-order valence-corrected chi connectivity index (χ2v) is 4.53. The number of aliphatic hydroxyl groups excluding tert-OH is 1. The molecule has 0 bridgehead atoms. The molecular weight excluding hydrogens is 275 g/mol. The fourth-order valence-corrected chi connectivity index (χ4v) is 1.86. The van der Waals surface area contributed by atoms with Gasteiger partial charge >= 0.3 is 0 Å². The lowest BCUT2D eigenvalue weighted by Gasteiger charge is -2.20. The van der Waals surface area contributed by atoms with E-state index in [0.717, 1.165) is 12.8 Å². The molecule has 0 spiro atoms. The third-order valence-corrected chi connectivity index (χ3v) is 3.13. The van der Waals surface area contributed by atoms with Crippen molar-refractivity contribution in [2.45, 2.75) is 18.9 Å². The van der Waals surface area contributed by atoms with Gasteiger partial charge in [0.25, 0.3) is 0 Å². The van der Waals surface area contributed by atoms with Gasteiger partial charge < -0.3 is 9.84 Å². The van der Waals surface area contributed by atoms with Crippen LogP contribution in [0.3, 0.4) is 0 Å². The first-order valence-electron chi connectivity index (χ1n) is 5.14. The van der Waals surface area contributed by atoms with Crippen LogP contribution in [0.25, 0.3) is 0 Å². The van der Waals surface area contributed by atoms with Crippen molar-refractivity contribution in [2.75, 3.05) is 6.61 Å². The summed E-state index contributed by atoms with van der Waals surface area (Å²) in [4.78, 5) is 0. The highest BCUT2D eigenvalue weighted by molar-refractivity contribution is 9.10. The molecule has 1 N–H and O–H groups in total. The van der Waals surface area contributed by atoms with Gasteiger partial charge in [0.15, 0.2) is 0 Å². The van der Waals surface area contributed by atoms with E-state index in [4.69, 9.17) is 4.74 Å². The highest BCUT2D eigenvalue weighted by Crippen LogP contribution is 2.28. The summed E-state index contributed by atoms with van der Waals surface area (Å²) >= 11 is 3.07. The van der Waals surface area contributed by atoms with E-state index in [1.165, 1.54) is 6.07 Å². The fraction of sp³-hybridized carbons (Fsp3) is 0.333. The number of hydrogen-bond donors (Lipinski definition) is 1. The summed E-state index contributed by atoms with van der Waals surface area (Å²) in [5.74, 6) is 0.140. The second kappa shape index (κ2) is 4.97. The van der Waals surface area contributed by atoms with Gasteiger partial charge in [0.05, 0.1) is 11.1 Å². The zero-order valence-corrected chi connectivity index (χ0v) is 10.2. The van der Waals surface area contributed by atoms with Gasteiger partial charge in [-0.2, -0.15) is 0 Å². The molecule has 0 aromatic heterocycles. The van der Waals surface area contributed by atoms with E-state index in [1.807, 2.05) is 6.08 Å². The maximum Gasteiger partial charge on any atom is 0.137 e. The molecule has 86 valence electrons. The lowest BCUT2D eigenvalue weighted by molar-refractivity contribution is 0.0916. The van der Waals surface area contributed by atoms with Crippen molar-refractivity contribution in [3.63, 3.8) is 0 Å². The van der Waals surface area contributed by atoms with Crippen LogP contribution in [0.4, 0.5) is 4.39 Å². The van der Waals surface area contributed by atoms with Gasteiger partial charge in [-0.15, -0.1) is 0 Å². The summed E-state index contributed by atoms with van der Waals surface area (Å²) in [6, 6.07) is 4.57. The Bertz CT molecular complexity index is 417. The minimum absolute atomic E-state index is 0.382. The fourth-order valence-electron chi connectivity index (χ4n) is 1.61. The van der Waals surface area contributed by atoms with Crippen molar-refractivity contribution in [1.29, 1.82) is 0 Å². The first-order valence-corrected chi connectivity index (χ1v) is 5.93. The Balaban J connectivity index is 2.22. The molecule has 0 radical (unpaired) electrons. The Morgan fingerprint density at radius 1 is 1.44 bits per heavy atom. The monoisotopic (exact) mass is 286 g/mol. The van der Waals surface area contributed by atoms with Crippen LogP contribution in [0.2, 0.25) is 0 Å². The van der Waals surface area contributed by atoms with Crippen LogP contribution in [0.15, 0.2) is 34.5 Å². The van der Waals surface area contributed by atoms with Crippen molar-refractivity contribution in [3.8, 4) is 0 Å². The number of allylic oxidation sites excluding steroid dienone is 1. The molecular formula is C12H12BrFO2. The number of aliphatic hydroxyl groups is 1. The van der Waals surface area contributed by atoms with E-state index in [1.54, 1.807) is 12.1 Å². The highest BCUT2D eigenvalue weighted by atomic mass is 79.9. The van der Waals surface area contributed by atoms with Gasteiger partial charge in [0, 0.05) is 0 Å². The van der Waals surface area contributed by atoms with Crippen molar-refractivity contribution in [2.24, 2.45) is 0 Å². The van der Waals surface area contributed by atoms with Crippen LogP contribution < -0.4 is 0 Å². The Hall–Kier alpha value is -0.870. The zero-order valence-electron chi connectivity index (χ0n) is 8.62. The number of hydrogen-bond acceptors (Lipinski definition) is 2. The Labute approximate surface area is 102 Å². The normalized spacial score (nSPS) is 17.6. The topological polar surface area (TPSA) is 29.5 Å². The van der Waals surface area contributed by atoms with Gasteiger partial charge in [0.2, 0.25) is 0 Å². The molecule has 0 fully saturated rings. The summed E-state index contributed by atoms with van der Waals surface area (Å²) < 4.78 is 19.0. The molecule has 4 heteroatoms. The molecule has 1 aliphatic heterocycles. The highest BCUT2D eigenvalue weighted by Gasteiger charge is 2.17. The molecule has 1 aliphatic rings. The van der Waals surface area contributed by atoms with Crippen LogP contribution in [-0.4, -0.2) is 11.7 Å². The number of halogens is 2. The van der Waals surface area contributed by atoms with E-state index in [0.29, 0.717) is 22.4 Å². The van der Waals surface area contributed by atoms with Crippen LogP contribution in [0.5, 0.6) is 0 Å². The standard InChI is InChI=1S/C12H12BrFO2/c13-9-5-4-8(7-10(9)14)12(15)11-3-1-2-6-16-11/h3-5,7,12,15H,1-2,6H2. The van der Waals surface area contributed by atoms with E-state index < -0.39 is 6.10 Å². The largest absolute Gasteiger partial charge is 0.495 e. The molecule has 1 aromatic carbocycles. The maximum atomic E-state index is 13.3. The first kappa shape index (κ1) is 11.6. The maximum absolute atomic E-state index is 13.3. The summed E-state index contributed by atoms with van der Waals surface area (Å²) in [5, 5.41) is 9.99. The van der Waals surface area contributed by atoms with Crippen molar-refractivity contribution in [3.05, 3.63) is 45.9 Å². The minimum atomic E-state index is -0.872. The SMILES string of the molecule is OC(C1=CCCCO1)c1ccc(Br)c(F)c1. The number of ether oxygens (including phenoxy) is 1. The zero-order chi connectivity index (χ0) is 11.5. The molecule has 1 unspecified atom stereocenters. The third-order valence-electron chi connectivity index (χ3n) is 2.49. The van der Waals surface area contributed by atoms with E-state index in [-0.39, 0.29) is 5.82 Å². The van der Waals surface area contributed by atoms with Crippen molar-refractivity contribution < 1.29 is 14.2 Å². The molecule has 1 aromatic rings. The predicted octanol–water partition coefficient (Wildman–Crippen LogP) is 3.32. The molecule has 2 rings (SSSR count). The first-order chi connectivity index (χ1) is 7.68. The third kappa shape index (κ3) is 2.44.